The first-order chi connectivity index (χ1) is 15.0. The van der Waals surface area contributed by atoms with Gasteiger partial charge in [0.15, 0.2) is 5.78 Å². The van der Waals surface area contributed by atoms with E-state index < -0.39 is 5.91 Å². The van der Waals surface area contributed by atoms with Crippen LogP contribution < -0.4 is 15.2 Å². The molecule has 0 fully saturated rings. The summed E-state index contributed by atoms with van der Waals surface area (Å²) in [5.74, 6) is 0.551. The number of hydrogen-bond donors (Lipinski definition) is 1. The van der Waals surface area contributed by atoms with Gasteiger partial charge in [0, 0.05) is 23.1 Å². The molecule has 0 unspecified atom stereocenters. The second-order valence-corrected chi connectivity index (χ2v) is 7.23. The van der Waals surface area contributed by atoms with E-state index in [1.54, 1.807) is 36.4 Å². The number of rotatable bonds is 5. The fraction of sp³-hybridized carbons (Fsp3) is 0.160. The molecule has 6 nitrogen and oxygen atoms in total. The maximum atomic E-state index is 12.1. The molecule has 2 N–H and O–H groups in total. The molecule has 31 heavy (non-hydrogen) atoms. The number of carbonyl (C=O) groups excluding carboxylic acids is 2. The Labute approximate surface area is 179 Å². The number of nitriles is 1. The number of ether oxygens (including phenoxy) is 2. The van der Waals surface area contributed by atoms with Crippen molar-refractivity contribution in [3.8, 4) is 28.7 Å². The number of ketones is 1. The van der Waals surface area contributed by atoms with Crippen molar-refractivity contribution < 1.29 is 19.1 Å². The van der Waals surface area contributed by atoms with Crippen LogP contribution >= 0.6 is 0 Å². The molecule has 154 valence electrons. The lowest BCUT2D eigenvalue weighted by atomic mass is 9.92. The number of nitrogens with zero attached hydrogens (tertiary/aromatic N) is 1. The molecule has 1 aliphatic heterocycles. The van der Waals surface area contributed by atoms with Crippen LogP contribution in [0, 0.1) is 18.3 Å². The Bertz CT molecular complexity index is 1240. The van der Waals surface area contributed by atoms with Gasteiger partial charge in [-0.1, -0.05) is 30.3 Å². The highest BCUT2D eigenvalue weighted by molar-refractivity contribution is 6.00. The average molecular weight is 412 g/mol. The number of nitrogens with two attached hydrogens (primary N) is 1. The van der Waals surface area contributed by atoms with Gasteiger partial charge in [0.2, 0.25) is 5.91 Å². The van der Waals surface area contributed by atoms with E-state index in [1.165, 1.54) is 0 Å². The fourth-order valence-corrected chi connectivity index (χ4v) is 3.81. The average Bonchev–Trinajstić information content (AvgIpc) is 2.79. The molecule has 0 aromatic heterocycles. The lowest BCUT2D eigenvalue weighted by Crippen LogP contribution is -2.17. The maximum Gasteiger partial charge on any atom is 0.249 e. The molecule has 3 aromatic carbocycles. The number of amides is 1. The topological polar surface area (TPSA) is 102 Å². The van der Waals surface area contributed by atoms with Crippen molar-refractivity contribution in [3.05, 3.63) is 82.4 Å². The Morgan fingerprint density at radius 2 is 1.87 bits per heavy atom. The highest BCUT2D eigenvalue weighted by Crippen LogP contribution is 2.36. The molecular formula is C25H20N2O4. The van der Waals surface area contributed by atoms with Gasteiger partial charge in [-0.15, -0.1) is 0 Å². The van der Waals surface area contributed by atoms with Gasteiger partial charge in [-0.2, -0.15) is 5.26 Å². The Balaban J connectivity index is 1.75. The Kier molecular flexibility index (Phi) is 5.42. The van der Waals surface area contributed by atoms with Crippen LogP contribution in [-0.4, -0.2) is 18.3 Å². The lowest BCUT2D eigenvalue weighted by molar-refractivity contribution is 0.0931. The number of Topliss-reactive ketones (excluding diaryl/α,β-unsaturated/α-hetero) is 1. The monoisotopic (exact) mass is 412 g/mol. The van der Waals surface area contributed by atoms with Gasteiger partial charge in [0.05, 0.1) is 23.8 Å². The molecule has 6 heteroatoms. The van der Waals surface area contributed by atoms with Crippen LogP contribution in [-0.2, 0) is 6.61 Å². The minimum atomic E-state index is -0.578. The number of carbonyl (C=O) groups is 2. The van der Waals surface area contributed by atoms with Crippen LogP contribution in [0.3, 0.4) is 0 Å². The van der Waals surface area contributed by atoms with Crippen LogP contribution in [0.4, 0.5) is 0 Å². The summed E-state index contributed by atoms with van der Waals surface area (Å²) in [5, 5.41) is 9.51. The zero-order valence-corrected chi connectivity index (χ0v) is 17.0. The number of hydrogen-bond acceptors (Lipinski definition) is 5. The predicted molar refractivity (Wildman–Crippen MR) is 115 cm³/mol. The SMILES string of the molecule is Cc1c(OCc2c(C(N)=O)cccc2-c2ccccc2C#N)ccc2c1OCCC2=O. The van der Waals surface area contributed by atoms with Gasteiger partial charge in [0.1, 0.15) is 18.1 Å². The van der Waals surface area contributed by atoms with Crippen molar-refractivity contribution >= 4 is 11.7 Å². The summed E-state index contributed by atoms with van der Waals surface area (Å²) in [6.07, 6.45) is 0.361. The smallest absolute Gasteiger partial charge is 0.249 e. The minimum Gasteiger partial charge on any atom is -0.492 e. The van der Waals surface area contributed by atoms with Crippen LogP contribution in [0.5, 0.6) is 11.5 Å². The maximum absolute atomic E-state index is 12.1. The summed E-state index contributed by atoms with van der Waals surface area (Å²) >= 11 is 0. The third-order valence-corrected chi connectivity index (χ3v) is 5.38. The second kappa shape index (κ2) is 8.33. The molecule has 1 amide bonds. The van der Waals surface area contributed by atoms with E-state index in [0.717, 1.165) is 5.56 Å². The predicted octanol–water partition coefficient (Wildman–Crippen LogP) is 4.18. The van der Waals surface area contributed by atoms with Crippen LogP contribution in [0.15, 0.2) is 54.6 Å². The quantitative estimate of drug-likeness (QED) is 0.677. The van der Waals surface area contributed by atoms with Crippen molar-refractivity contribution in [1.82, 2.24) is 0 Å². The van der Waals surface area contributed by atoms with Crippen molar-refractivity contribution in [2.75, 3.05) is 6.61 Å². The normalized spacial score (nSPS) is 12.5. The van der Waals surface area contributed by atoms with Gasteiger partial charge >= 0.3 is 0 Å². The molecule has 0 spiro atoms. The molecule has 1 heterocycles. The summed E-state index contributed by atoms with van der Waals surface area (Å²) in [7, 11) is 0. The van der Waals surface area contributed by atoms with Crippen molar-refractivity contribution in [2.45, 2.75) is 20.0 Å². The number of benzene rings is 3. The van der Waals surface area contributed by atoms with Gasteiger partial charge in [-0.3, -0.25) is 9.59 Å². The highest BCUT2D eigenvalue weighted by Gasteiger charge is 2.23. The molecule has 0 atom stereocenters. The first kappa shape index (κ1) is 20.2. The lowest BCUT2D eigenvalue weighted by Gasteiger charge is -2.21. The standard InChI is InChI=1S/C25H20N2O4/c1-15-23(10-9-20-22(28)11-12-30-24(15)20)31-14-21-18(7-4-8-19(21)25(27)29)17-6-3-2-5-16(17)13-26/h2-10H,11-12,14H2,1H3,(H2,27,29). The zero-order chi connectivity index (χ0) is 22.0. The van der Waals surface area contributed by atoms with Gasteiger partial charge in [0.25, 0.3) is 0 Å². The largest absolute Gasteiger partial charge is 0.492 e. The van der Waals surface area contributed by atoms with E-state index in [-0.39, 0.29) is 12.4 Å². The Hall–Kier alpha value is -4.11. The van der Waals surface area contributed by atoms with Crippen LogP contribution in [0.1, 0.15) is 43.8 Å². The second-order valence-electron chi connectivity index (χ2n) is 7.23. The van der Waals surface area contributed by atoms with Crippen LogP contribution in [0.25, 0.3) is 11.1 Å². The van der Waals surface area contributed by atoms with Crippen molar-refractivity contribution in [1.29, 1.82) is 5.26 Å². The highest BCUT2D eigenvalue weighted by atomic mass is 16.5. The minimum absolute atomic E-state index is 0.0466. The molecular weight excluding hydrogens is 392 g/mol. The molecule has 0 saturated carbocycles. The summed E-state index contributed by atoms with van der Waals surface area (Å²) in [6, 6.07) is 18.0. The molecule has 0 aliphatic carbocycles. The molecule has 0 saturated heterocycles. The van der Waals surface area contributed by atoms with Crippen molar-refractivity contribution in [3.63, 3.8) is 0 Å². The van der Waals surface area contributed by atoms with Gasteiger partial charge in [-0.05, 0) is 42.3 Å². The molecule has 1 aliphatic rings. The van der Waals surface area contributed by atoms with Crippen LogP contribution in [0.2, 0.25) is 0 Å². The number of primary amides is 1. The molecule has 0 radical (unpaired) electrons. The van der Waals surface area contributed by atoms with Crippen molar-refractivity contribution in [2.24, 2.45) is 5.73 Å². The van der Waals surface area contributed by atoms with E-state index >= 15 is 0 Å². The first-order valence-electron chi connectivity index (χ1n) is 9.85. The summed E-state index contributed by atoms with van der Waals surface area (Å²) in [4.78, 5) is 24.2. The van der Waals surface area contributed by atoms with Gasteiger partial charge in [-0.25, -0.2) is 0 Å². The molecule has 3 aromatic rings. The van der Waals surface area contributed by atoms with E-state index in [2.05, 4.69) is 6.07 Å². The van der Waals surface area contributed by atoms with E-state index in [1.807, 2.05) is 25.1 Å². The summed E-state index contributed by atoms with van der Waals surface area (Å²) < 4.78 is 11.8. The fourth-order valence-electron chi connectivity index (χ4n) is 3.81. The van der Waals surface area contributed by atoms with E-state index in [0.29, 0.717) is 57.9 Å². The summed E-state index contributed by atoms with van der Waals surface area (Å²) in [6.45, 7) is 2.23. The zero-order valence-electron chi connectivity index (χ0n) is 17.0. The summed E-state index contributed by atoms with van der Waals surface area (Å²) in [5.41, 5.74) is 9.70. The molecule has 4 rings (SSSR count). The molecule has 0 bridgehead atoms. The van der Waals surface area contributed by atoms with E-state index in [4.69, 9.17) is 15.2 Å². The third-order valence-electron chi connectivity index (χ3n) is 5.38. The first-order valence-corrected chi connectivity index (χ1v) is 9.85. The Morgan fingerprint density at radius 1 is 1.10 bits per heavy atom. The van der Waals surface area contributed by atoms with E-state index in [9.17, 15) is 14.9 Å². The Morgan fingerprint density at radius 3 is 2.65 bits per heavy atom. The number of fused-ring (bicyclic) bond motifs is 1. The third kappa shape index (κ3) is 3.74. The van der Waals surface area contributed by atoms with Gasteiger partial charge < -0.3 is 15.2 Å².